The minimum atomic E-state index is -0.682. The van der Waals surface area contributed by atoms with Gasteiger partial charge in [-0.2, -0.15) is 0 Å². The van der Waals surface area contributed by atoms with Crippen LogP contribution in [0.15, 0.2) is 30.3 Å². The van der Waals surface area contributed by atoms with Gasteiger partial charge in [0.05, 0.1) is 12.2 Å². The van der Waals surface area contributed by atoms with Crippen molar-refractivity contribution in [1.29, 1.82) is 0 Å². The second kappa shape index (κ2) is 9.91. The van der Waals surface area contributed by atoms with E-state index in [2.05, 4.69) is 4.98 Å². The van der Waals surface area contributed by atoms with Gasteiger partial charge in [0.2, 0.25) is 0 Å². The summed E-state index contributed by atoms with van der Waals surface area (Å²) >= 11 is 0. The van der Waals surface area contributed by atoms with E-state index in [0.29, 0.717) is 23.4 Å². The molecule has 0 bridgehead atoms. The maximum Gasteiger partial charge on any atom is 0.355 e. The third-order valence-electron chi connectivity index (χ3n) is 4.59. The Balaban J connectivity index is 2.06. The fourth-order valence-electron chi connectivity index (χ4n) is 3.08. The van der Waals surface area contributed by atoms with E-state index in [1.54, 1.807) is 25.7 Å². The highest BCUT2D eigenvalue weighted by Crippen LogP contribution is 2.20. The number of hydrogen-bond donors (Lipinski definition) is 1. The number of nitrogens with zero attached hydrogens (tertiary/aromatic N) is 1. The molecule has 0 saturated heterocycles. The van der Waals surface area contributed by atoms with Crippen molar-refractivity contribution < 1.29 is 23.9 Å². The van der Waals surface area contributed by atoms with Crippen molar-refractivity contribution in [2.75, 3.05) is 13.2 Å². The molecule has 0 unspecified atom stereocenters. The first kappa shape index (κ1) is 22.2. The maximum atomic E-state index is 12.6. The summed E-state index contributed by atoms with van der Waals surface area (Å²) in [5, 5.41) is 0. The van der Waals surface area contributed by atoms with Crippen molar-refractivity contribution in [3.63, 3.8) is 0 Å². The Morgan fingerprint density at radius 3 is 2.28 bits per heavy atom. The van der Waals surface area contributed by atoms with Crippen LogP contribution in [0.3, 0.4) is 0 Å². The molecule has 7 heteroatoms. The molecule has 2 rings (SSSR count). The fraction of sp³-hybridized carbons (Fsp3) is 0.409. The zero-order valence-electron chi connectivity index (χ0n) is 17.6. The molecule has 29 heavy (non-hydrogen) atoms. The van der Waals surface area contributed by atoms with E-state index in [1.807, 2.05) is 44.2 Å². The average Bonchev–Trinajstić information content (AvgIpc) is 2.99. The second-order valence-electron chi connectivity index (χ2n) is 7.02. The molecular weight excluding hydrogens is 372 g/mol. The highest BCUT2D eigenvalue weighted by molar-refractivity contribution is 5.99. The predicted molar refractivity (Wildman–Crippen MR) is 109 cm³/mol. The highest BCUT2D eigenvalue weighted by Gasteiger charge is 2.25. The Kier molecular flexibility index (Phi) is 7.59. The number of rotatable bonds is 8. The summed E-state index contributed by atoms with van der Waals surface area (Å²) < 4.78 is 10.3. The lowest BCUT2D eigenvalue weighted by molar-refractivity contribution is -0.136. The molecule has 0 aliphatic heterocycles. The lowest BCUT2D eigenvalue weighted by atomic mass is 10.1. The number of ether oxygens (including phenoxy) is 2. The summed E-state index contributed by atoms with van der Waals surface area (Å²) in [4.78, 5) is 41.7. The minimum absolute atomic E-state index is 0.0497. The van der Waals surface area contributed by atoms with E-state index in [1.165, 1.54) is 0 Å². The third-order valence-corrected chi connectivity index (χ3v) is 4.59. The summed E-state index contributed by atoms with van der Waals surface area (Å²) in [6.07, 6.45) is 0. The van der Waals surface area contributed by atoms with Crippen molar-refractivity contribution in [3.8, 4) is 0 Å². The lowest BCUT2D eigenvalue weighted by Gasteiger charge is -2.26. The van der Waals surface area contributed by atoms with Crippen LogP contribution < -0.4 is 0 Å². The summed E-state index contributed by atoms with van der Waals surface area (Å²) in [7, 11) is 0. The Morgan fingerprint density at radius 1 is 1.03 bits per heavy atom. The van der Waals surface area contributed by atoms with Crippen LogP contribution in [0.5, 0.6) is 0 Å². The monoisotopic (exact) mass is 400 g/mol. The van der Waals surface area contributed by atoms with Gasteiger partial charge in [-0.05, 0) is 45.7 Å². The number of aromatic amines is 1. The van der Waals surface area contributed by atoms with Crippen LogP contribution in [0.1, 0.15) is 58.4 Å². The number of esters is 2. The number of carbonyl (C=O) groups excluding carboxylic acids is 3. The molecule has 2 aromatic rings. The number of nitrogens with one attached hydrogen (secondary N) is 1. The molecule has 7 nitrogen and oxygen atoms in total. The second-order valence-corrected chi connectivity index (χ2v) is 7.02. The van der Waals surface area contributed by atoms with Gasteiger partial charge in [-0.1, -0.05) is 30.3 Å². The Hall–Kier alpha value is -3.09. The molecule has 1 heterocycles. The predicted octanol–water partition coefficient (Wildman–Crippen LogP) is 3.40. The van der Waals surface area contributed by atoms with Crippen LogP contribution in [-0.4, -0.2) is 47.0 Å². The highest BCUT2D eigenvalue weighted by atomic mass is 16.5. The first-order valence-corrected chi connectivity index (χ1v) is 9.63. The van der Waals surface area contributed by atoms with Crippen LogP contribution in [0.4, 0.5) is 0 Å². The van der Waals surface area contributed by atoms with Gasteiger partial charge in [0.15, 0.2) is 6.61 Å². The van der Waals surface area contributed by atoms with E-state index in [-0.39, 0.29) is 30.9 Å². The summed E-state index contributed by atoms with van der Waals surface area (Å²) in [5.74, 6) is -1.47. The first-order valence-electron chi connectivity index (χ1n) is 9.63. The smallest absolute Gasteiger partial charge is 0.355 e. The molecule has 0 fully saturated rings. The van der Waals surface area contributed by atoms with E-state index >= 15 is 0 Å². The van der Waals surface area contributed by atoms with Gasteiger partial charge in [0.25, 0.3) is 5.91 Å². The molecule has 1 aromatic carbocycles. The standard InChI is InChI=1S/C22H28N2O5/c1-6-28-21(26)19-15(4)20(23-16(19)5)22(27)29-13-18(25)24(14(2)3)12-17-10-8-7-9-11-17/h7-11,14,23H,6,12-13H2,1-5H3. The Morgan fingerprint density at radius 2 is 1.69 bits per heavy atom. The van der Waals surface area contributed by atoms with Crippen LogP contribution in [0, 0.1) is 13.8 Å². The van der Waals surface area contributed by atoms with Crippen LogP contribution in [0.25, 0.3) is 0 Å². The number of carbonyl (C=O) groups is 3. The van der Waals surface area contributed by atoms with Crippen molar-refractivity contribution in [2.24, 2.45) is 0 Å². The van der Waals surface area contributed by atoms with E-state index < -0.39 is 11.9 Å². The Labute approximate surface area is 171 Å². The third kappa shape index (κ3) is 5.47. The summed E-state index contributed by atoms with van der Waals surface area (Å²) in [5.41, 5.74) is 2.43. The SMILES string of the molecule is CCOC(=O)c1c(C)[nH]c(C(=O)OCC(=O)N(Cc2ccccc2)C(C)C)c1C. The van der Waals surface area contributed by atoms with Gasteiger partial charge in [-0.25, -0.2) is 9.59 Å². The molecule has 1 aromatic heterocycles. The molecule has 1 N–H and O–H groups in total. The van der Waals surface area contributed by atoms with E-state index in [4.69, 9.17) is 9.47 Å². The van der Waals surface area contributed by atoms with Gasteiger partial charge in [0.1, 0.15) is 5.69 Å². The summed E-state index contributed by atoms with van der Waals surface area (Å²) in [6, 6.07) is 9.57. The van der Waals surface area contributed by atoms with Crippen LogP contribution in [0.2, 0.25) is 0 Å². The average molecular weight is 400 g/mol. The van der Waals surface area contributed by atoms with E-state index in [0.717, 1.165) is 5.56 Å². The molecule has 156 valence electrons. The topological polar surface area (TPSA) is 88.7 Å². The summed E-state index contributed by atoms with van der Waals surface area (Å²) in [6.45, 7) is 9.15. The van der Waals surface area contributed by atoms with Crippen molar-refractivity contribution in [2.45, 2.75) is 47.2 Å². The Bertz CT molecular complexity index is 871. The molecule has 1 amide bonds. The zero-order valence-corrected chi connectivity index (χ0v) is 17.6. The van der Waals surface area contributed by atoms with E-state index in [9.17, 15) is 14.4 Å². The number of aryl methyl sites for hydroxylation is 1. The van der Waals surface area contributed by atoms with Crippen molar-refractivity contribution in [1.82, 2.24) is 9.88 Å². The molecule has 0 atom stereocenters. The van der Waals surface area contributed by atoms with Crippen LogP contribution >= 0.6 is 0 Å². The largest absolute Gasteiger partial charge is 0.462 e. The van der Waals surface area contributed by atoms with Crippen molar-refractivity contribution in [3.05, 3.63) is 58.4 Å². The molecule has 0 spiro atoms. The molecule has 0 saturated carbocycles. The first-order chi connectivity index (χ1) is 13.8. The van der Waals surface area contributed by atoms with Gasteiger partial charge in [-0.3, -0.25) is 4.79 Å². The maximum absolute atomic E-state index is 12.6. The van der Waals surface area contributed by atoms with Gasteiger partial charge < -0.3 is 19.4 Å². The van der Waals surface area contributed by atoms with Gasteiger partial charge in [-0.15, -0.1) is 0 Å². The lowest BCUT2D eigenvalue weighted by Crippen LogP contribution is -2.39. The van der Waals surface area contributed by atoms with Crippen molar-refractivity contribution >= 4 is 17.8 Å². The molecule has 0 radical (unpaired) electrons. The zero-order chi connectivity index (χ0) is 21.6. The number of aromatic nitrogens is 1. The van der Waals surface area contributed by atoms with Gasteiger partial charge >= 0.3 is 11.9 Å². The molecule has 0 aliphatic carbocycles. The number of benzene rings is 1. The van der Waals surface area contributed by atoms with Gasteiger partial charge in [0, 0.05) is 18.3 Å². The minimum Gasteiger partial charge on any atom is -0.462 e. The number of hydrogen-bond acceptors (Lipinski definition) is 5. The fourth-order valence-corrected chi connectivity index (χ4v) is 3.08. The number of amides is 1. The quantitative estimate of drug-likeness (QED) is 0.686. The molecule has 0 aliphatic rings. The van der Waals surface area contributed by atoms with Crippen LogP contribution in [-0.2, 0) is 20.8 Å². The number of H-pyrrole nitrogens is 1. The molecular formula is C22H28N2O5. The normalized spacial score (nSPS) is 10.7.